The van der Waals surface area contributed by atoms with Crippen molar-refractivity contribution in [2.75, 3.05) is 27.4 Å². The van der Waals surface area contributed by atoms with Crippen LogP contribution in [0.2, 0.25) is 0 Å². The molecule has 0 aromatic carbocycles. The van der Waals surface area contributed by atoms with Crippen LogP contribution < -0.4 is 5.32 Å². The second kappa shape index (κ2) is 10.4. The van der Waals surface area contributed by atoms with Crippen molar-refractivity contribution in [1.29, 1.82) is 0 Å². The molecule has 1 aliphatic heterocycles. The van der Waals surface area contributed by atoms with Crippen molar-refractivity contribution >= 4 is 18.0 Å². The summed E-state index contributed by atoms with van der Waals surface area (Å²) < 4.78 is 26.3. The van der Waals surface area contributed by atoms with Gasteiger partial charge in [0.15, 0.2) is 6.29 Å². The quantitative estimate of drug-likeness (QED) is 0.381. The van der Waals surface area contributed by atoms with Gasteiger partial charge in [-0.3, -0.25) is 0 Å². The molecular weight excluding hydrogens is 358 g/mol. The van der Waals surface area contributed by atoms with Crippen LogP contribution in [0.5, 0.6) is 0 Å². The summed E-state index contributed by atoms with van der Waals surface area (Å²) in [7, 11) is 2.38. The van der Waals surface area contributed by atoms with Crippen molar-refractivity contribution in [2.24, 2.45) is 0 Å². The van der Waals surface area contributed by atoms with E-state index in [9.17, 15) is 14.4 Å². The first kappa shape index (κ1) is 23.1. The first-order chi connectivity index (χ1) is 12.7. The lowest BCUT2D eigenvalue weighted by Crippen LogP contribution is -2.50. The summed E-state index contributed by atoms with van der Waals surface area (Å²) in [5, 5.41) is 2.51. The van der Waals surface area contributed by atoms with Gasteiger partial charge in [0.1, 0.15) is 11.5 Å². The van der Waals surface area contributed by atoms with Crippen LogP contribution in [0.3, 0.4) is 0 Å². The van der Waals surface area contributed by atoms with Crippen molar-refractivity contribution in [1.82, 2.24) is 5.32 Å². The van der Waals surface area contributed by atoms with Crippen LogP contribution in [0.25, 0.3) is 0 Å². The molecule has 0 aromatic rings. The Hall–Kier alpha value is -1.93. The molecule has 1 amide bonds. The lowest BCUT2D eigenvalue weighted by Gasteiger charge is -2.34. The number of amides is 1. The minimum atomic E-state index is -2.09. The SMILES string of the molecule is COC(=O)C(OC)(OC1CCCCO1)C(=C=O)CCNC(=O)OC(C)(C)C. The van der Waals surface area contributed by atoms with Gasteiger partial charge < -0.3 is 29.0 Å². The third-order valence-corrected chi connectivity index (χ3v) is 3.74. The Morgan fingerprint density at radius 3 is 2.41 bits per heavy atom. The van der Waals surface area contributed by atoms with Crippen molar-refractivity contribution in [3.8, 4) is 0 Å². The molecule has 0 radical (unpaired) electrons. The van der Waals surface area contributed by atoms with Crippen molar-refractivity contribution < 1.29 is 38.1 Å². The van der Waals surface area contributed by atoms with Crippen LogP contribution in [0.15, 0.2) is 5.57 Å². The molecule has 1 aliphatic rings. The molecule has 2 atom stereocenters. The first-order valence-corrected chi connectivity index (χ1v) is 8.82. The van der Waals surface area contributed by atoms with Crippen molar-refractivity contribution in [2.45, 2.75) is 64.1 Å². The van der Waals surface area contributed by atoms with Crippen LogP contribution in [-0.2, 0) is 33.3 Å². The molecule has 1 heterocycles. The highest BCUT2D eigenvalue weighted by molar-refractivity contribution is 5.85. The normalized spacial score (nSPS) is 19.4. The fourth-order valence-electron chi connectivity index (χ4n) is 2.51. The molecule has 154 valence electrons. The number of esters is 1. The second-order valence-electron chi connectivity index (χ2n) is 6.99. The summed E-state index contributed by atoms with van der Waals surface area (Å²) in [5.74, 6) is -1.31. The van der Waals surface area contributed by atoms with E-state index in [0.717, 1.165) is 20.0 Å². The molecule has 0 spiro atoms. The van der Waals surface area contributed by atoms with Crippen LogP contribution >= 0.6 is 0 Å². The molecule has 27 heavy (non-hydrogen) atoms. The largest absolute Gasteiger partial charge is 0.465 e. The average molecular weight is 387 g/mol. The van der Waals surface area contributed by atoms with Gasteiger partial charge in [-0.1, -0.05) is 0 Å². The zero-order valence-corrected chi connectivity index (χ0v) is 16.6. The van der Waals surface area contributed by atoms with Gasteiger partial charge in [-0.15, -0.1) is 0 Å². The Kier molecular flexibility index (Phi) is 8.92. The fraction of sp³-hybridized carbons (Fsp3) is 0.778. The third kappa shape index (κ3) is 6.95. The maximum Gasteiger partial charge on any atom is 0.407 e. The molecular formula is C18H29NO8. The molecule has 0 bridgehead atoms. The van der Waals surface area contributed by atoms with E-state index in [4.69, 9.17) is 23.7 Å². The van der Waals surface area contributed by atoms with E-state index in [1.165, 1.54) is 7.11 Å². The fourth-order valence-corrected chi connectivity index (χ4v) is 2.51. The summed E-state index contributed by atoms with van der Waals surface area (Å²) in [6.07, 6.45) is 0.855. The Balaban J connectivity index is 2.86. The number of nitrogens with one attached hydrogen (secondary N) is 1. The zero-order valence-electron chi connectivity index (χ0n) is 16.6. The topological polar surface area (TPSA) is 109 Å². The highest BCUT2D eigenvalue weighted by Crippen LogP contribution is 2.30. The third-order valence-electron chi connectivity index (χ3n) is 3.74. The Labute approximate surface area is 159 Å². The molecule has 1 N–H and O–H groups in total. The minimum Gasteiger partial charge on any atom is -0.465 e. The van der Waals surface area contributed by atoms with E-state index < -0.39 is 29.7 Å². The van der Waals surface area contributed by atoms with Crippen molar-refractivity contribution in [3.63, 3.8) is 0 Å². The number of carbonyl (C=O) groups is 2. The van der Waals surface area contributed by atoms with E-state index in [1.54, 1.807) is 26.7 Å². The molecule has 9 heteroatoms. The standard InChI is InChI=1S/C18H29NO8/c1-17(2,3)27-16(22)19-10-9-13(12-20)18(24-5,15(21)23-4)26-14-8-6-7-11-25-14/h14H,6-11H2,1-5H3,(H,19,22). The Morgan fingerprint density at radius 2 is 1.93 bits per heavy atom. The maximum absolute atomic E-state index is 12.4. The molecule has 1 rings (SSSR count). The van der Waals surface area contributed by atoms with E-state index in [2.05, 4.69) is 5.32 Å². The van der Waals surface area contributed by atoms with Gasteiger partial charge in [-0.2, -0.15) is 0 Å². The summed E-state index contributed by atoms with van der Waals surface area (Å²) in [4.78, 5) is 35.7. The average Bonchev–Trinajstić information content (AvgIpc) is 2.62. The van der Waals surface area contributed by atoms with Gasteiger partial charge >= 0.3 is 17.8 Å². The zero-order chi connectivity index (χ0) is 20.5. The van der Waals surface area contributed by atoms with Crippen LogP contribution in [0, 0.1) is 0 Å². The van der Waals surface area contributed by atoms with Gasteiger partial charge in [-0.25, -0.2) is 14.4 Å². The monoisotopic (exact) mass is 387 g/mol. The summed E-state index contributed by atoms with van der Waals surface area (Å²) in [5.41, 5.74) is -0.806. The number of alkyl carbamates (subject to hydrolysis) is 1. The van der Waals surface area contributed by atoms with Crippen molar-refractivity contribution in [3.05, 3.63) is 5.57 Å². The number of ether oxygens (including phenoxy) is 5. The van der Waals surface area contributed by atoms with Crippen LogP contribution in [-0.4, -0.2) is 63.1 Å². The Morgan fingerprint density at radius 1 is 1.22 bits per heavy atom. The summed E-state index contributed by atoms with van der Waals surface area (Å²) in [6.45, 7) is 5.68. The molecule has 1 fully saturated rings. The molecule has 0 saturated carbocycles. The summed E-state index contributed by atoms with van der Waals surface area (Å²) in [6, 6.07) is 0. The lowest BCUT2D eigenvalue weighted by atomic mass is 10.0. The van der Waals surface area contributed by atoms with Gasteiger partial charge in [0.2, 0.25) is 0 Å². The summed E-state index contributed by atoms with van der Waals surface area (Å²) >= 11 is 0. The number of hydrogen-bond donors (Lipinski definition) is 1. The minimum absolute atomic E-state index is 0.0104. The van der Waals surface area contributed by atoms with E-state index in [0.29, 0.717) is 13.0 Å². The Bertz CT molecular complexity index is 558. The lowest BCUT2D eigenvalue weighted by molar-refractivity contribution is -0.288. The van der Waals surface area contributed by atoms with E-state index >= 15 is 0 Å². The first-order valence-electron chi connectivity index (χ1n) is 8.82. The van der Waals surface area contributed by atoms with Gasteiger partial charge in [-0.05, 0) is 40.0 Å². The van der Waals surface area contributed by atoms with Gasteiger partial charge in [0.05, 0.1) is 12.7 Å². The van der Waals surface area contributed by atoms with E-state index in [-0.39, 0.29) is 18.5 Å². The molecule has 1 saturated heterocycles. The highest BCUT2D eigenvalue weighted by atomic mass is 16.8. The maximum atomic E-state index is 12.4. The van der Waals surface area contributed by atoms with E-state index in [1.807, 2.05) is 0 Å². The molecule has 0 aliphatic carbocycles. The number of hydrogen-bond acceptors (Lipinski definition) is 8. The number of carbonyl (C=O) groups excluding carboxylic acids is 3. The molecule has 9 nitrogen and oxygen atoms in total. The van der Waals surface area contributed by atoms with Crippen LogP contribution in [0.4, 0.5) is 4.79 Å². The van der Waals surface area contributed by atoms with Gasteiger partial charge in [0.25, 0.3) is 0 Å². The van der Waals surface area contributed by atoms with Crippen LogP contribution in [0.1, 0.15) is 46.5 Å². The number of rotatable bonds is 8. The number of methoxy groups -OCH3 is 2. The second-order valence-corrected chi connectivity index (χ2v) is 6.99. The predicted octanol–water partition coefficient (Wildman–Crippen LogP) is 1.72. The highest BCUT2D eigenvalue weighted by Gasteiger charge is 2.48. The molecule has 0 aromatic heterocycles. The predicted molar refractivity (Wildman–Crippen MR) is 94.5 cm³/mol. The smallest absolute Gasteiger partial charge is 0.407 e. The molecule has 2 unspecified atom stereocenters. The van der Waals surface area contributed by atoms with Gasteiger partial charge in [0, 0.05) is 26.7 Å².